The van der Waals surface area contributed by atoms with Crippen LogP contribution in [0.5, 0.6) is 0 Å². The number of aryl methyl sites for hydroxylation is 4. The van der Waals surface area contributed by atoms with Crippen molar-refractivity contribution in [1.29, 1.82) is 0 Å². The van der Waals surface area contributed by atoms with Crippen molar-refractivity contribution in [3.63, 3.8) is 0 Å². The molecule has 0 atom stereocenters. The average molecular weight is 421 g/mol. The molecule has 0 saturated heterocycles. The van der Waals surface area contributed by atoms with Crippen molar-refractivity contribution in [3.8, 4) is 0 Å². The molecular formula is C27H24N4O. The third kappa shape index (κ3) is 3.73. The summed E-state index contributed by atoms with van der Waals surface area (Å²) in [6.45, 7) is 4.00. The summed E-state index contributed by atoms with van der Waals surface area (Å²) >= 11 is 0. The van der Waals surface area contributed by atoms with Gasteiger partial charge in [0, 0.05) is 34.4 Å². The molecule has 5 aromatic rings. The zero-order valence-corrected chi connectivity index (χ0v) is 18.1. The summed E-state index contributed by atoms with van der Waals surface area (Å²) in [5.41, 5.74) is 7.38. The standard InChI is InChI=1S/C27H24N4O/c1-17-7-5-8-18(2)25(17)31-27(32)24-15-21-20-10-3-4-11-22(20)30-26(21)23(29-24)13-12-19-9-6-14-28-16-19/h3-11,14-16,30H,12-13H2,1-2H3,(H,31,32). The van der Waals surface area contributed by atoms with Crippen LogP contribution in [0.25, 0.3) is 21.8 Å². The SMILES string of the molecule is Cc1cccc(C)c1NC(=O)c1cc2c([nH]c3ccccc32)c(CCc2cccnc2)n1. The Hall–Kier alpha value is -3.99. The second-order valence-corrected chi connectivity index (χ2v) is 8.13. The minimum atomic E-state index is -0.197. The number of fused-ring (bicyclic) bond motifs is 3. The number of nitrogens with one attached hydrogen (secondary N) is 2. The maximum atomic E-state index is 13.3. The van der Waals surface area contributed by atoms with E-state index in [9.17, 15) is 4.79 Å². The Morgan fingerprint density at radius 1 is 0.938 bits per heavy atom. The predicted octanol–water partition coefficient (Wildman–Crippen LogP) is 5.77. The summed E-state index contributed by atoms with van der Waals surface area (Å²) in [6, 6.07) is 20.0. The number of hydrogen-bond donors (Lipinski definition) is 2. The van der Waals surface area contributed by atoms with Crippen LogP contribution in [0.4, 0.5) is 5.69 Å². The van der Waals surface area contributed by atoms with Crippen molar-refractivity contribution < 1.29 is 4.79 Å². The van der Waals surface area contributed by atoms with E-state index in [2.05, 4.69) is 33.5 Å². The Labute approximate surface area is 186 Å². The highest BCUT2D eigenvalue weighted by Gasteiger charge is 2.17. The molecule has 5 nitrogen and oxygen atoms in total. The lowest BCUT2D eigenvalue weighted by Gasteiger charge is -2.12. The number of rotatable bonds is 5. The van der Waals surface area contributed by atoms with Crippen LogP contribution in [0.3, 0.4) is 0 Å². The number of hydrogen-bond acceptors (Lipinski definition) is 3. The highest BCUT2D eigenvalue weighted by atomic mass is 16.1. The van der Waals surface area contributed by atoms with Gasteiger partial charge in [0.1, 0.15) is 5.69 Å². The second kappa shape index (κ2) is 8.27. The van der Waals surface area contributed by atoms with Crippen molar-refractivity contribution in [2.45, 2.75) is 26.7 Å². The Balaban J connectivity index is 1.57. The number of H-pyrrole nitrogens is 1. The van der Waals surface area contributed by atoms with Crippen LogP contribution in [0.2, 0.25) is 0 Å². The summed E-state index contributed by atoms with van der Waals surface area (Å²) < 4.78 is 0. The van der Waals surface area contributed by atoms with Crippen LogP contribution in [0.15, 0.2) is 73.1 Å². The number of pyridine rings is 2. The molecule has 32 heavy (non-hydrogen) atoms. The third-order valence-electron chi connectivity index (χ3n) is 5.90. The van der Waals surface area contributed by atoms with Crippen molar-refractivity contribution >= 4 is 33.4 Å². The number of benzene rings is 2. The maximum Gasteiger partial charge on any atom is 0.274 e. The summed E-state index contributed by atoms with van der Waals surface area (Å²) in [5, 5.41) is 5.19. The molecule has 0 fully saturated rings. The van der Waals surface area contributed by atoms with E-state index in [4.69, 9.17) is 4.98 Å². The van der Waals surface area contributed by atoms with Gasteiger partial charge in [0.2, 0.25) is 0 Å². The topological polar surface area (TPSA) is 70.7 Å². The van der Waals surface area contributed by atoms with Crippen molar-refractivity contribution in [2.24, 2.45) is 0 Å². The van der Waals surface area contributed by atoms with E-state index in [1.807, 2.05) is 62.5 Å². The van der Waals surface area contributed by atoms with E-state index < -0.39 is 0 Å². The first-order valence-electron chi connectivity index (χ1n) is 10.8. The predicted molar refractivity (Wildman–Crippen MR) is 129 cm³/mol. The molecule has 0 aliphatic rings. The molecule has 0 spiro atoms. The van der Waals surface area contributed by atoms with E-state index in [1.54, 1.807) is 6.20 Å². The van der Waals surface area contributed by atoms with Crippen LogP contribution < -0.4 is 5.32 Å². The normalized spacial score (nSPS) is 11.2. The largest absolute Gasteiger partial charge is 0.353 e. The van der Waals surface area contributed by atoms with Crippen molar-refractivity contribution in [2.75, 3.05) is 5.32 Å². The molecule has 0 aliphatic heterocycles. The molecule has 2 N–H and O–H groups in total. The van der Waals surface area contributed by atoms with E-state index in [0.717, 1.165) is 56.3 Å². The number of aromatic amines is 1. The highest BCUT2D eigenvalue weighted by Crippen LogP contribution is 2.29. The first kappa shape index (κ1) is 19.9. The Kier molecular flexibility index (Phi) is 5.15. The Bertz CT molecular complexity index is 1420. The fraction of sp³-hybridized carbons (Fsp3) is 0.148. The second-order valence-electron chi connectivity index (χ2n) is 8.13. The summed E-state index contributed by atoms with van der Waals surface area (Å²) in [4.78, 5) is 25.8. The number of anilines is 1. The molecule has 1 amide bonds. The number of nitrogens with zero attached hydrogens (tertiary/aromatic N) is 2. The number of amides is 1. The molecule has 0 unspecified atom stereocenters. The van der Waals surface area contributed by atoms with Gasteiger partial charge in [0.15, 0.2) is 0 Å². The van der Waals surface area contributed by atoms with Gasteiger partial charge in [0.25, 0.3) is 5.91 Å². The van der Waals surface area contributed by atoms with Gasteiger partial charge < -0.3 is 10.3 Å². The molecule has 5 rings (SSSR count). The minimum absolute atomic E-state index is 0.197. The lowest BCUT2D eigenvalue weighted by Crippen LogP contribution is -2.16. The Morgan fingerprint density at radius 3 is 2.53 bits per heavy atom. The number of carbonyl (C=O) groups is 1. The lowest BCUT2D eigenvalue weighted by atomic mass is 10.1. The molecule has 2 aromatic carbocycles. The minimum Gasteiger partial charge on any atom is -0.353 e. The summed E-state index contributed by atoms with van der Waals surface area (Å²) in [7, 11) is 0. The number of carbonyl (C=O) groups excluding carboxylic acids is 1. The molecule has 0 bridgehead atoms. The molecule has 158 valence electrons. The van der Waals surface area contributed by atoms with Gasteiger partial charge >= 0.3 is 0 Å². The quantitative estimate of drug-likeness (QED) is 0.379. The zero-order valence-electron chi connectivity index (χ0n) is 18.1. The third-order valence-corrected chi connectivity index (χ3v) is 5.90. The Morgan fingerprint density at radius 2 is 1.75 bits per heavy atom. The van der Waals surface area contributed by atoms with E-state index in [0.29, 0.717) is 12.1 Å². The fourth-order valence-electron chi connectivity index (χ4n) is 4.21. The van der Waals surface area contributed by atoms with Crippen LogP contribution in [0.1, 0.15) is 32.9 Å². The molecule has 3 heterocycles. The summed E-state index contributed by atoms with van der Waals surface area (Å²) in [5.74, 6) is -0.197. The maximum absolute atomic E-state index is 13.3. The highest BCUT2D eigenvalue weighted by molar-refractivity contribution is 6.12. The number of para-hydroxylation sites is 2. The zero-order chi connectivity index (χ0) is 22.1. The van der Waals surface area contributed by atoms with Gasteiger partial charge in [0.05, 0.1) is 11.2 Å². The lowest BCUT2D eigenvalue weighted by molar-refractivity contribution is 0.102. The number of aromatic nitrogens is 3. The van der Waals surface area contributed by atoms with Crippen molar-refractivity contribution in [1.82, 2.24) is 15.0 Å². The van der Waals surface area contributed by atoms with E-state index >= 15 is 0 Å². The van der Waals surface area contributed by atoms with E-state index in [-0.39, 0.29) is 5.91 Å². The summed E-state index contributed by atoms with van der Waals surface area (Å²) in [6.07, 6.45) is 5.16. The first-order valence-corrected chi connectivity index (χ1v) is 10.8. The molecular weight excluding hydrogens is 396 g/mol. The van der Waals surface area contributed by atoms with Crippen LogP contribution >= 0.6 is 0 Å². The van der Waals surface area contributed by atoms with Gasteiger partial charge in [-0.15, -0.1) is 0 Å². The van der Waals surface area contributed by atoms with E-state index in [1.165, 1.54) is 0 Å². The monoisotopic (exact) mass is 420 g/mol. The first-order chi connectivity index (χ1) is 15.6. The van der Waals surface area contributed by atoms with Crippen LogP contribution in [-0.2, 0) is 12.8 Å². The van der Waals surface area contributed by atoms with Gasteiger partial charge in [-0.2, -0.15) is 0 Å². The van der Waals surface area contributed by atoms with Crippen LogP contribution in [0, 0.1) is 13.8 Å². The van der Waals surface area contributed by atoms with Gasteiger partial charge in [-0.3, -0.25) is 9.78 Å². The molecule has 3 aromatic heterocycles. The smallest absolute Gasteiger partial charge is 0.274 e. The molecule has 5 heteroatoms. The molecule has 0 radical (unpaired) electrons. The fourth-order valence-corrected chi connectivity index (χ4v) is 4.21. The average Bonchev–Trinajstić information content (AvgIpc) is 3.19. The molecule has 0 saturated carbocycles. The van der Waals surface area contributed by atoms with Crippen molar-refractivity contribution in [3.05, 3.63) is 101 Å². The van der Waals surface area contributed by atoms with Gasteiger partial charge in [-0.05, 0) is 61.6 Å². The molecule has 0 aliphatic carbocycles. The van der Waals surface area contributed by atoms with Crippen LogP contribution in [-0.4, -0.2) is 20.9 Å². The van der Waals surface area contributed by atoms with Gasteiger partial charge in [-0.1, -0.05) is 42.5 Å². The van der Waals surface area contributed by atoms with Gasteiger partial charge in [-0.25, -0.2) is 4.98 Å².